The Morgan fingerprint density at radius 1 is 1.58 bits per heavy atom. The second-order valence-corrected chi connectivity index (χ2v) is 7.78. The molecule has 0 radical (unpaired) electrons. The number of piperidine rings is 1. The van der Waals surface area contributed by atoms with Gasteiger partial charge in [0.05, 0.1) is 30.0 Å². The van der Waals surface area contributed by atoms with Crippen molar-refractivity contribution in [3.05, 3.63) is 16.1 Å². The molecule has 24 heavy (non-hydrogen) atoms. The van der Waals surface area contributed by atoms with E-state index in [9.17, 15) is 4.79 Å². The van der Waals surface area contributed by atoms with Crippen LogP contribution in [0, 0.1) is 12.3 Å². The van der Waals surface area contributed by atoms with E-state index in [2.05, 4.69) is 4.98 Å². The molecule has 7 heteroatoms. The molecule has 6 nitrogen and oxygen atoms in total. The van der Waals surface area contributed by atoms with Crippen LogP contribution in [0.3, 0.4) is 0 Å². The Balaban J connectivity index is 1.63. The minimum atomic E-state index is -0.106. The van der Waals surface area contributed by atoms with Crippen LogP contribution in [0.4, 0.5) is 0 Å². The summed E-state index contributed by atoms with van der Waals surface area (Å²) in [5.41, 5.74) is 0.871. The molecule has 2 saturated heterocycles. The second-order valence-electron chi connectivity index (χ2n) is 6.71. The molecule has 0 unspecified atom stereocenters. The van der Waals surface area contributed by atoms with Crippen LogP contribution in [0.25, 0.3) is 0 Å². The summed E-state index contributed by atoms with van der Waals surface area (Å²) >= 11 is 1.64. The molecule has 0 aromatic carbocycles. The molecule has 0 spiro atoms. The lowest BCUT2D eigenvalue weighted by Crippen LogP contribution is -2.58. The van der Waals surface area contributed by atoms with Crippen LogP contribution in [0.5, 0.6) is 0 Å². The predicted octanol–water partition coefficient (Wildman–Crippen LogP) is 2.01. The van der Waals surface area contributed by atoms with Crippen LogP contribution in [-0.2, 0) is 25.6 Å². The number of amides is 1. The summed E-state index contributed by atoms with van der Waals surface area (Å²) in [7, 11) is 1.56. The third-order valence-corrected chi connectivity index (χ3v) is 5.74. The van der Waals surface area contributed by atoms with Crippen molar-refractivity contribution in [2.24, 2.45) is 5.41 Å². The van der Waals surface area contributed by atoms with E-state index in [1.54, 1.807) is 18.4 Å². The highest BCUT2D eigenvalue weighted by atomic mass is 32.1. The first-order valence-corrected chi connectivity index (χ1v) is 9.38. The third-order valence-electron chi connectivity index (χ3n) is 4.91. The van der Waals surface area contributed by atoms with Crippen molar-refractivity contribution in [1.82, 2.24) is 9.88 Å². The number of carbonyl (C=O) groups is 1. The van der Waals surface area contributed by atoms with Gasteiger partial charge in [0.1, 0.15) is 6.61 Å². The maximum Gasteiger partial charge on any atom is 0.248 e. The zero-order valence-corrected chi connectivity index (χ0v) is 15.3. The molecule has 0 aliphatic carbocycles. The summed E-state index contributed by atoms with van der Waals surface area (Å²) < 4.78 is 17.0. The summed E-state index contributed by atoms with van der Waals surface area (Å²) in [6.07, 6.45) is 3.09. The average Bonchev–Trinajstić information content (AvgIpc) is 2.99. The lowest BCUT2D eigenvalue weighted by atomic mass is 9.73. The maximum atomic E-state index is 12.2. The molecule has 134 valence electrons. The van der Waals surface area contributed by atoms with E-state index in [0.717, 1.165) is 43.1 Å². The first-order chi connectivity index (χ1) is 11.6. The normalized spacial score (nSPS) is 27.1. The number of aromatic nitrogens is 1. The fraction of sp³-hybridized carbons (Fsp3) is 0.765. The van der Waals surface area contributed by atoms with Crippen molar-refractivity contribution in [2.75, 3.05) is 40.0 Å². The molecule has 0 N–H and O–H groups in total. The van der Waals surface area contributed by atoms with E-state index in [4.69, 9.17) is 14.2 Å². The van der Waals surface area contributed by atoms with E-state index >= 15 is 0 Å². The third kappa shape index (κ3) is 3.96. The Bertz CT molecular complexity index is 565. The van der Waals surface area contributed by atoms with Crippen LogP contribution in [0.2, 0.25) is 0 Å². The molecule has 2 atom stereocenters. The topological polar surface area (TPSA) is 60.9 Å². The minimum Gasteiger partial charge on any atom is -0.377 e. The van der Waals surface area contributed by atoms with Crippen molar-refractivity contribution in [3.63, 3.8) is 0 Å². The predicted molar refractivity (Wildman–Crippen MR) is 91.0 cm³/mol. The molecule has 3 rings (SSSR count). The number of nitrogens with zero attached hydrogens (tertiary/aromatic N) is 2. The van der Waals surface area contributed by atoms with Crippen LogP contribution < -0.4 is 0 Å². The number of ether oxygens (including phenoxy) is 3. The zero-order valence-electron chi connectivity index (χ0n) is 14.5. The Morgan fingerprint density at radius 2 is 2.46 bits per heavy atom. The first kappa shape index (κ1) is 17.8. The summed E-state index contributed by atoms with van der Waals surface area (Å²) in [6.45, 7) is 5.49. The van der Waals surface area contributed by atoms with Gasteiger partial charge in [-0.15, -0.1) is 11.3 Å². The summed E-state index contributed by atoms with van der Waals surface area (Å²) in [6, 6.07) is 0. The largest absolute Gasteiger partial charge is 0.377 e. The quantitative estimate of drug-likeness (QED) is 0.782. The number of hydrogen-bond donors (Lipinski definition) is 0. The first-order valence-electron chi connectivity index (χ1n) is 8.50. The number of aryl methyl sites for hydroxylation is 1. The average molecular weight is 354 g/mol. The molecule has 0 saturated carbocycles. The molecule has 1 aromatic heterocycles. The van der Waals surface area contributed by atoms with Gasteiger partial charge in [0.2, 0.25) is 5.91 Å². The van der Waals surface area contributed by atoms with Crippen molar-refractivity contribution in [3.8, 4) is 0 Å². The lowest BCUT2D eigenvalue weighted by Gasteiger charge is -2.50. The van der Waals surface area contributed by atoms with Gasteiger partial charge in [-0.3, -0.25) is 4.79 Å². The standard InChI is InChI=1S/C17H26N2O4S/c1-13-18-14(10-24-13)8-22-12-17-5-3-7-23-15(17)4-6-19(11-17)16(20)9-21-2/h10,15H,3-9,11-12H2,1-2H3/t15-,17-/m0/s1. The molecular formula is C17H26N2O4S. The van der Waals surface area contributed by atoms with Gasteiger partial charge in [0.15, 0.2) is 0 Å². The van der Waals surface area contributed by atoms with E-state index in [1.807, 2.05) is 17.2 Å². The highest BCUT2D eigenvalue weighted by Crippen LogP contribution is 2.40. The van der Waals surface area contributed by atoms with Gasteiger partial charge < -0.3 is 19.1 Å². The summed E-state index contributed by atoms with van der Waals surface area (Å²) in [4.78, 5) is 18.6. The molecule has 3 heterocycles. The zero-order chi connectivity index (χ0) is 17.0. The molecular weight excluding hydrogens is 328 g/mol. The molecule has 0 bridgehead atoms. The number of carbonyl (C=O) groups excluding carboxylic acids is 1. The van der Waals surface area contributed by atoms with Crippen molar-refractivity contribution in [2.45, 2.75) is 38.9 Å². The van der Waals surface area contributed by atoms with Crippen molar-refractivity contribution < 1.29 is 19.0 Å². The van der Waals surface area contributed by atoms with Gasteiger partial charge >= 0.3 is 0 Å². The van der Waals surface area contributed by atoms with Gasteiger partial charge in [-0.05, 0) is 26.2 Å². The summed E-state index contributed by atoms with van der Waals surface area (Å²) in [5.74, 6) is 0.0519. The smallest absolute Gasteiger partial charge is 0.248 e. The fourth-order valence-corrected chi connectivity index (χ4v) is 4.36. The van der Waals surface area contributed by atoms with E-state index in [-0.39, 0.29) is 24.0 Å². The maximum absolute atomic E-state index is 12.2. The van der Waals surface area contributed by atoms with Crippen LogP contribution in [0.15, 0.2) is 5.38 Å². The van der Waals surface area contributed by atoms with Crippen LogP contribution in [0.1, 0.15) is 30.0 Å². The Labute approximate surface area is 147 Å². The molecule has 2 fully saturated rings. The molecule has 2 aliphatic heterocycles. The summed E-state index contributed by atoms with van der Waals surface area (Å²) in [5, 5.41) is 3.09. The highest BCUT2D eigenvalue weighted by Gasteiger charge is 2.47. The Kier molecular flexibility index (Phi) is 5.86. The number of methoxy groups -OCH3 is 1. The van der Waals surface area contributed by atoms with Crippen molar-refractivity contribution >= 4 is 17.2 Å². The molecule has 2 aliphatic rings. The Hall–Kier alpha value is -1.02. The van der Waals surface area contributed by atoms with E-state index in [0.29, 0.717) is 19.8 Å². The fourth-order valence-electron chi connectivity index (χ4n) is 3.76. The molecule has 1 aromatic rings. The number of thiazole rings is 1. The van der Waals surface area contributed by atoms with Crippen LogP contribution in [-0.4, -0.2) is 61.9 Å². The monoisotopic (exact) mass is 354 g/mol. The SMILES string of the molecule is COCC(=O)N1CC[C@@H]2OCCC[C@@]2(COCc2csc(C)n2)C1. The van der Waals surface area contributed by atoms with Gasteiger partial charge in [-0.2, -0.15) is 0 Å². The molecule has 1 amide bonds. The van der Waals surface area contributed by atoms with Gasteiger partial charge in [0.25, 0.3) is 0 Å². The van der Waals surface area contributed by atoms with Gasteiger partial charge in [-0.25, -0.2) is 4.98 Å². The van der Waals surface area contributed by atoms with Gasteiger partial charge in [-0.1, -0.05) is 0 Å². The highest BCUT2D eigenvalue weighted by molar-refractivity contribution is 7.09. The second kappa shape index (κ2) is 7.91. The van der Waals surface area contributed by atoms with Crippen molar-refractivity contribution in [1.29, 1.82) is 0 Å². The number of rotatable bonds is 6. The van der Waals surface area contributed by atoms with Crippen LogP contribution >= 0.6 is 11.3 Å². The minimum absolute atomic E-state index is 0.0519. The lowest BCUT2D eigenvalue weighted by molar-refractivity contribution is -0.168. The Morgan fingerprint density at radius 3 is 3.21 bits per heavy atom. The van der Waals surface area contributed by atoms with Gasteiger partial charge in [0, 0.05) is 37.6 Å². The number of likely N-dealkylation sites (tertiary alicyclic amines) is 1. The van der Waals surface area contributed by atoms with E-state index in [1.165, 1.54) is 0 Å². The van der Waals surface area contributed by atoms with E-state index < -0.39 is 0 Å². The number of fused-ring (bicyclic) bond motifs is 1. The number of hydrogen-bond acceptors (Lipinski definition) is 6.